The van der Waals surface area contributed by atoms with Crippen LogP contribution in [0.25, 0.3) is 0 Å². The Morgan fingerprint density at radius 3 is 1.16 bits per heavy atom. The second-order valence-electron chi connectivity index (χ2n) is 5.93. The fourth-order valence-corrected chi connectivity index (χ4v) is 2.46. The fourth-order valence-electron chi connectivity index (χ4n) is 2.46. The molecular weight excluding hydrogens is 484 g/mol. The summed E-state index contributed by atoms with van der Waals surface area (Å²) in [5.41, 5.74) is 8.80. The van der Waals surface area contributed by atoms with Crippen LogP contribution in [0.3, 0.4) is 0 Å². The molecule has 0 saturated heterocycles. The predicted octanol–water partition coefficient (Wildman–Crippen LogP) is 7.49. The first-order valence-electron chi connectivity index (χ1n) is 7.90. The number of hydrogen-bond donors (Lipinski definition) is 0. The van der Waals surface area contributed by atoms with Crippen LogP contribution in [0.4, 0.5) is 11.4 Å². The van der Waals surface area contributed by atoms with Crippen molar-refractivity contribution in [1.29, 1.82) is 0 Å². The van der Waals surface area contributed by atoms with Crippen molar-refractivity contribution < 1.29 is 11.3 Å². The minimum atomic E-state index is 0.875. The molecule has 0 radical (unpaired) electrons. The summed E-state index contributed by atoms with van der Waals surface area (Å²) in [6.45, 7) is 12.4. The van der Waals surface area contributed by atoms with E-state index in [-0.39, 0.29) is 0 Å². The Labute approximate surface area is 171 Å². The number of aliphatic imine (C=N–C) groups is 2. The van der Waals surface area contributed by atoms with E-state index in [2.05, 4.69) is 92.3 Å². The average molecular weight is 508 g/mol. The van der Waals surface area contributed by atoms with E-state index in [9.17, 15) is 0 Å². The third kappa shape index (κ3) is 6.82. The third-order valence-corrected chi connectivity index (χ3v) is 3.96. The molecular formula is C20H24Br2FeN2. The first kappa shape index (κ1) is 22.3. The molecule has 0 aliphatic carbocycles. The summed E-state index contributed by atoms with van der Waals surface area (Å²) < 4.78 is 0. The number of hydrogen-bond acceptors (Lipinski definition) is 2. The van der Waals surface area contributed by atoms with E-state index in [1.807, 2.05) is 13.8 Å². The molecule has 0 amide bonds. The van der Waals surface area contributed by atoms with Gasteiger partial charge in [0.2, 0.25) is 0 Å². The zero-order chi connectivity index (χ0) is 19.0. The van der Waals surface area contributed by atoms with Crippen molar-refractivity contribution in [3.8, 4) is 0 Å². The second-order valence-corrected chi connectivity index (χ2v) is 11.5. The molecule has 0 bridgehead atoms. The molecule has 0 saturated carbocycles. The number of nitrogens with zero attached hydrogens (tertiary/aromatic N) is 2. The van der Waals surface area contributed by atoms with Gasteiger partial charge in [0.15, 0.2) is 0 Å². The molecule has 0 atom stereocenters. The zero-order valence-corrected chi connectivity index (χ0v) is 19.7. The third-order valence-electron chi connectivity index (χ3n) is 3.96. The van der Waals surface area contributed by atoms with Gasteiger partial charge in [0, 0.05) is 0 Å². The van der Waals surface area contributed by atoms with E-state index in [0.29, 0.717) is 0 Å². The molecule has 0 aromatic heterocycles. The van der Waals surface area contributed by atoms with E-state index < -0.39 is 0 Å². The molecule has 0 unspecified atom stereocenters. The molecule has 2 aromatic carbocycles. The zero-order valence-electron chi connectivity index (χ0n) is 15.5. The Balaban J connectivity index is 0.000000970. The Morgan fingerprint density at radius 2 is 0.920 bits per heavy atom. The number of para-hydroxylation sites is 2. The molecule has 0 heterocycles. The van der Waals surface area contributed by atoms with Gasteiger partial charge in [-0.15, -0.1) is 0 Å². The van der Waals surface area contributed by atoms with Gasteiger partial charge in [-0.2, -0.15) is 0 Å². The summed E-state index contributed by atoms with van der Waals surface area (Å²) >= 11 is 7.00. The summed E-state index contributed by atoms with van der Waals surface area (Å²) in [5, 5.41) is 0. The first-order chi connectivity index (χ1) is 11.8. The molecule has 0 aliphatic heterocycles. The van der Waals surface area contributed by atoms with Crippen molar-refractivity contribution >= 4 is 51.0 Å². The maximum absolute atomic E-state index is 4.80. The van der Waals surface area contributed by atoms with Crippen LogP contribution in [-0.4, -0.2) is 11.4 Å². The Hall–Kier alpha value is -0.741. The number of benzene rings is 2. The number of aryl methyl sites for hydroxylation is 4. The fraction of sp³-hybridized carbons (Fsp3) is 0.300. The molecule has 5 heteroatoms. The van der Waals surface area contributed by atoms with Crippen LogP contribution >= 0.6 is 28.2 Å². The van der Waals surface area contributed by atoms with E-state index in [0.717, 1.165) is 34.1 Å². The average Bonchev–Trinajstić information content (AvgIpc) is 2.55. The summed E-state index contributed by atoms with van der Waals surface area (Å²) in [6, 6.07) is 12.5. The molecule has 136 valence electrons. The van der Waals surface area contributed by atoms with E-state index >= 15 is 0 Å². The van der Waals surface area contributed by atoms with Crippen LogP contribution in [0.15, 0.2) is 46.4 Å². The molecule has 0 spiro atoms. The number of rotatable bonds is 3. The molecule has 0 aliphatic rings. The normalized spacial score (nSPS) is 12.0. The van der Waals surface area contributed by atoms with Crippen molar-refractivity contribution in [3.63, 3.8) is 0 Å². The van der Waals surface area contributed by atoms with Crippen LogP contribution in [0.5, 0.6) is 0 Å². The first-order valence-corrected chi connectivity index (χ1v) is 13.4. The SMILES string of the molecule is CC(=Nc1c(C)cccc1C)C(C)=Nc1c(C)cccc1C.[Br][Fe][Br]. The van der Waals surface area contributed by atoms with Crippen molar-refractivity contribution in [2.75, 3.05) is 0 Å². The molecule has 0 fully saturated rings. The van der Waals surface area contributed by atoms with E-state index in [4.69, 9.17) is 9.98 Å². The van der Waals surface area contributed by atoms with E-state index in [1.165, 1.54) is 22.3 Å². The summed E-state index contributed by atoms with van der Waals surface area (Å²) in [4.78, 5) is 9.60. The standard InChI is InChI=1S/C20H24N2.2BrH.Fe/c1-13-9-7-10-14(2)19(13)21-17(5)18(6)22-20-15(3)11-8-12-16(20)4;;;/h7-12H,1-6H3;2*1H;/q;;;+2/p-2. The van der Waals surface area contributed by atoms with Crippen LogP contribution in [0.2, 0.25) is 0 Å². The van der Waals surface area contributed by atoms with E-state index in [1.54, 1.807) is 0 Å². The van der Waals surface area contributed by atoms with Gasteiger partial charge in [-0.3, -0.25) is 9.98 Å². The quantitative estimate of drug-likeness (QED) is 0.303. The van der Waals surface area contributed by atoms with Gasteiger partial charge in [0.05, 0.1) is 22.8 Å². The second kappa shape index (κ2) is 11.1. The van der Waals surface area contributed by atoms with Crippen LogP contribution in [-0.2, 0) is 11.3 Å². The summed E-state index contributed by atoms with van der Waals surface area (Å²) in [6.07, 6.45) is 0. The van der Waals surface area contributed by atoms with Crippen LogP contribution in [0.1, 0.15) is 36.1 Å². The molecule has 25 heavy (non-hydrogen) atoms. The van der Waals surface area contributed by atoms with Gasteiger partial charge in [-0.1, -0.05) is 36.4 Å². The Bertz CT molecular complexity index is 677. The maximum atomic E-state index is 4.80. The molecule has 2 nitrogen and oxygen atoms in total. The summed E-state index contributed by atoms with van der Waals surface area (Å²) in [7, 11) is 0. The summed E-state index contributed by atoms with van der Waals surface area (Å²) in [5.74, 6) is 0. The predicted molar refractivity (Wildman–Crippen MR) is 115 cm³/mol. The van der Waals surface area contributed by atoms with Crippen molar-refractivity contribution in [1.82, 2.24) is 0 Å². The molecule has 2 aromatic rings. The molecule has 0 N–H and O–H groups in total. The van der Waals surface area contributed by atoms with Crippen molar-refractivity contribution in [2.24, 2.45) is 9.98 Å². The van der Waals surface area contributed by atoms with Crippen molar-refractivity contribution in [2.45, 2.75) is 41.5 Å². The molecule has 2 rings (SSSR count). The van der Waals surface area contributed by atoms with Crippen molar-refractivity contribution in [3.05, 3.63) is 58.7 Å². The van der Waals surface area contributed by atoms with Crippen LogP contribution in [0, 0.1) is 27.7 Å². The Morgan fingerprint density at radius 1 is 0.680 bits per heavy atom. The van der Waals surface area contributed by atoms with Gasteiger partial charge in [-0.05, 0) is 63.8 Å². The van der Waals surface area contributed by atoms with Crippen LogP contribution < -0.4 is 0 Å². The Kier molecular flexibility index (Phi) is 9.88. The monoisotopic (exact) mass is 506 g/mol. The van der Waals surface area contributed by atoms with Gasteiger partial charge in [0.25, 0.3) is 0 Å². The van der Waals surface area contributed by atoms with Gasteiger partial charge < -0.3 is 0 Å². The van der Waals surface area contributed by atoms with Gasteiger partial charge in [-0.25, -0.2) is 0 Å². The van der Waals surface area contributed by atoms with Gasteiger partial charge in [0.1, 0.15) is 0 Å². The minimum absolute atomic E-state index is 0.875. The topological polar surface area (TPSA) is 24.7 Å². The number of halogens is 2. The van der Waals surface area contributed by atoms with Gasteiger partial charge >= 0.3 is 39.6 Å².